The SMILES string of the molecule is O=C(CNC(=O)[C@@H]1CC[C@H](C(=O)O)O1)Nc1ccc(Br)cc1. The Morgan fingerprint density at radius 1 is 1.18 bits per heavy atom. The molecule has 118 valence electrons. The van der Waals surface area contributed by atoms with Crippen LogP contribution in [0.25, 0.3) is 0 Å². The van der Waals surface area contributed by atoms with E-state index in [1.807, 2.05) is 0 Å². The van der Waals surface area contributed by atoms with Gasteiger partial charge in [-0.15, -0.1) is 0 Å². The fourth-order valence-electron chi connectivity index (χ4n) is 2.03. The molecule has 0 unspecified atom stereocenters. The zero-order chi connectivity index (χ0) is 16.1. The Bertz CT molecular complexity index is 575. The molecular weight excluding hydrogens is 356 g/mol. The summed E-state index contributed by atoms with van der Waals surface area (Å²) < 4.78 is 5.99. The topological polar surface area (TPSA) is 105 Å². The Morgan fingerprint density at radius 2 is 1.82 bits per heavy atom. The molecule has 0 radical (unpaired) electrons. The quantitative estimate of drug-likeness (QED) is 0.720. The van der Waals surface area contributed by atoms with Crippen LogP contribution in [0.5, 0.6) is 0 Å². The molecule has 2 rings (SSSR count). The van der Waals surface area contributed by atoms with E-state index in [-0.39, 0.29) is 12.5 Å². The van der Waals surface area contributed by atoms with Gasteiger partial charge in [-0.05, 0) is 37.1 Å². The maximum Gasteiger partial charge on any atom is 0.332 e. The summed E-state index contributed by atoms with van der Waals surface area (Å²) in [6.45, 7) is -0.202. The van der Waals surface area contributed by atoms with Gasteiger partial charge in [0.15, 0.2) is 6.10 Å². The van der Waals surface area contributed by atoms with Crippen LogP contribution in [0.2, 0.25) is 0 Å². The first-order valence-corrected chi connectivity index (χ1v) is 7.46. The summed E-state index contributed by atoms with van der Waals surface area (Å²) in [6.07, 6.45) is -1.15. The molecule has 3 N–H and O–H groups in total. The highest BCUT2D eigenvalue weighted by atomic mass is 79.9. The van der Waals surface area contributed by atoms with Crippen LogP contribution in [0.4, 0.5) is 5.69 Å². The fourth-order valence-corrected chi connectivity index (χ4v) is 2.30. The van der Waals surface area contributed by atoms with Gasteiger partial charge in [-0.1, -0.05) is 15.9 Å². The standard InChI is InChI=1S/C14H15BrN2O5/c15-8-1-3-9(4-2-8)17-12(18)7-16-13(19)10-5-6-11(22-10)14(20)21/h1-4,10-11H,5-7H2,(H,16,19)(H,17,18)(H,20,21)/t10-,11+/m0/s1. The van der Waals surface area contributed by atoms with Gasteiger partial charge in [0.05, 0.1) is 6.54 Å². The molecule has 1 aliphatic rings. The fraction of sp³-hybridized carbons (Fsp3) is 0.357. The van der Waals surface area contributed by atoms with Crippen LogP contribution in [-0.2, 0) is 19.1 Å². The number of carboxylic acids is 1. The zero-order valence-corrected chi connectivity index (χ0v) is 13.1. The van der Waals surface area contributed by atoms with Crippen molar-refractivity contribution in [2.24, 2.45) is 0 Å². The largest absolute Gasteiger partial charge is 0.479 e. The smallest absolute Gasteiger partial charge is 0.332 e. The number of carboxylic acid groups (broad SMARTS) is 1. The number of amides is 2. The summed E-state index contributed by atoms with van der Waals surface area (Å²) in [6, 6.07) is 7.02. The lowest BCUT2D eigenvalue weighted by Gasteiger charge is -2.12. The lowest BCUT2D eigenvalue weighted by Crippen LogP contribution is -2.39. The van der Waals surface area contributed by atoms with Crippen LogP contribution in [0, 0.1) is 0 Å². The molecule has 1 aromatic carbocycles. The Hall–Kier alpha value is -1.93. The van der Waals surface area contributed by atoms with Gasteiger partial charge < -0.3 is 20.5 Å². The van der Waals surface area contributed by atoms with Gasteiger partial charge in [0.1, 0.15) is 6.10 Å². The predicted molar refractivity (Wildman–Crippen MR) is 81.3 cm³/mol. The molecular formula is C14H15BrN2O5. The van der Waals surface area contributed by atoms with Crippen LogP contribution in [0.15, 0.2) is 28.7 Å². The number of nitrogens with one attached hydrogen (secondary N) is 2. The van der Waals surface area contributed by atoms with Gasteiger partial charge in [0, 0.05) is 10.2 Å². The summed E-state index contributed by atoms with van der Waals surface area (Å²) in [5.41, 5.74) is 0.616. The van der Waals surface area contributed by atoms with Gasteiger partial charge in [-0.25, -0.2) is 4.79 Å². The Kier molecular flexibility index (Phi) is 5.51. The number of benzene rings is 1. The first-order valence-electron chi connectivity index (χ1n) is 6.67. The number of halogens is 1. The van der Waals surface area contributed by atoms with Crippen LogP contribution in [-0.4, -0.2) is 41.6 Å². The van der Waals surface area contributed by atoms with Crippen molar-refractivity contribution in [2.75, 3.05) is 11.9 Å². The highest BCUT2D eigenvalue weighted by Crippen LogP contribution is 2.19. The van der Waals surface area contributed by atoms with Gasteiger partial charge in [0.25, 0.3) is 0 Å². The summed E-state index contributed by atoms with van der Waals surface area (Å²) >= 11 is 3.29. The monoisotopic (exact) mass is 370 g/mol. The Labute approximate surface area is 135 Å². The van der Waals surface area contributed by atoms with E-state index in [0.29, 0.717) is 18.5 Å². The number of hydrogen-bond acceptors (Lipinski definition) is 4. The maximum atomic E-state index is 11.8. The van der Waals surface area contributed by atoms with Crippen molar-refractivity contribution in [3.05, 3.63) is 28.7 Å². The summed E-state index contributed by atoms with van der Waals surface area (Å²) in [4.78, 5) is 34.3. The van der Waals surface area contributed by atoms with Gasteiger partial charge >= 0.3 is 5.97 Å². The number of ether oxygens (including phenoxy) is 1. The van der Waals surface area contributed by atoms with E-state index in [2.05, 4.69) is 26.6 Å². The summed E-state index contributed by atoms with van der Waals surface area (Å²) in [7, 11) is 0. The molecule has 1 aromatic rings. The number of carbonyl (C=O) groups is 3. The lowest BCUT2D eigenvalue weighted by atomic mass is 10.2. The van der Waals surface area contributed by atoms with Gasteiger partial charge in [-0.2, -0.15) is 0 Å². The first kappa shape index (κ1) is 16.4. The molecule has 8 heteroatoms. The van der Waals surface area contributed by atoms with Crippen LogP contribution < -0.4 is 10.6 Å². The molecule has 0 bridgehead atoms. The summed E-state index contributed by atoms with van der Waals surface area (Å²) in [5, 5.41) is 13.9. The molecule has 1 saturated heterocycles. The molecule has 1 heterocycles. The molecule has 0 aliphatic carbocycles. The van der Waals surface area contributed by atoms with Crippen molar-refractivity contribution < 1.29 is 24.2 Å². The Morgan fingerprint density at radius 3 is 2.41 bits per heavy atom. The second-order valence-electron chi connectivity index (χ2n) is 4.80. The molecule has 2 amide bonds. The van der Waals surface area contributed by atoms with Crippen molar-refractivity contribution in [2.45, 2.75) is 25.0 Å². The third kappa shape index (κ3) is 4.54. The molecule has 1 aliphatic heterocycles. The minimum atomic E-state index is -1.08. The van der Waals surface area contributed by atoms with E-state index < -0.39 is 24.1 Å². The normalized spacial score (nSPS) is 20.4. The minimum Gasteiger partial charge on any atom is -0.479 e. The van der Waals surface area contributed by atoms with Crippen LogP contribution in [0.1, 0.15) is 12.8 Å². The van der Waals surface area contributed by atoms with E-state index >= 15 is 0 Å². The van der Waals surface area contributed by atoms with E-state index in [1.165, 1.54) is 0 Å². The molecule has 7 nitrogen and oxygen atoms in total. The molecule has 22 heavy (non-hydrogen) atoms. The van der Waals surface area contributed by atoms with Gasteiger partial charge in [-0.3, -0.25) is 9.59 Å². The maximum absolute atomic E-state index is 11.8. The Balaban J connectivity index is 1.75. The van der Waals surface area contributed by atoms with E-state index in [1.54, 1.807) is 24.3 Å². The highest BCUT2D eigenvalue weighted by Gasteiger charge is 2.34. The van der Waals surface area contributed by atoms with Crippen LogP contribution in [0.3, 0.4) is 0 Å². The number of aliphatic carboxylic acids is 1. The van der Waals surface area contributed by atoms with Crippen LogP contribution >= 0.6 is 15.9 Å². The molecule has 0 spiro atoms. The number of hydrogen-bond donors (Lipinski definition) is 3. The van der Waals surface area contributed by atoms with Crippen molar-refractivity contribution in [3.8, 4) is 0 Å². The third-order valence-corrected chi connectivity index (χ3v) is 3.67. The first-order chi connectivity index (χ1) is 10.5. The van der Waals surface area contributed by atoms with Crippen molar-refractivity contribution in [3.63, 3.8) is 0 Å². The average Bonchev–Trinajstić information content (AvgIpc) is 2.97. The van der Waals surface area contributed by atoms with Gasteiger partial charge in [0.2, 0.25) is 11.8 Å². The number of rotatable bonds is 5. The van der Waals surface area contributed by atoms with E-state index in [9.17, 15) is 14.4 Å². The van der Waals surface area contributed by atoms with Crippen molar-refractivity contribution >= 4 is 39.4 Å². The second kappa shape index (κ2) is 7.37. The number of carbonyl (C=O) groups excluding carboxylic acids is 2. The predicted octanol–water partition coefficient (Wildman–Crippen LogP) is 1.14. The van der Waals surface area contributed by atoms with Crippen molar-refractivity contribution in [1.82, 2.24) is 5.32 Å². The summed E-state index contributed by atoms with van der Waals surface area (Å²) in [5.74, 6) is -1.93. The average molecular weight is 371 g/mol. The lowest BCUT2D eigenvalue weighted by molar-refractivity contribution is -0.152. The highest BCUT2D eigenvalue weighted by molar-refractivity contribution is 9.10. The molecule has 2 atom stereocenters. The molecule has 1 fully saturated rings. The van der Waals surface area contributed by atoms with Crippen molar-refractivity contribution in [1.29, 1.82) is 0 Å². The zero-order valence-electron chi connectivity index (χ0n) is 11.5. The molecule has 0 aromatic heterocycles. The van der Waals surface area contributed by atoms with E-state index in [4.69, 9.17) is 9.84 Å². The third-order valence-electron chi connectivity index (χ3n) is 3.14. The number of anilines is 1. The second-order valence-corrected chi connectivity index (χ2v) is 5.72. The minimum absolute atomic E-state index is 0.202. The van der Waals surface area contributed by atoms with E-state index in [0.717, 1.165) is 4.47 Å². The molecule has 0 saturated carbocycles.